The number of aliphatic hydroxyl groups excluding tert-OH is 1. The van der Waals surface area contributed by atoms with Crippen LogP contribution >= 0.6 is 0 Å². The van der Waals surface area contributed by atoms with Gasteiger partial charge < -0.3 is 20.9 Å². The molecule has 0 radical (unpaired) electrons. The molecule has 0 aliphatic rings. The van der Waals surface area contributed by atoms with Gasteiger partial charge in [0.2, 0.25) is 5.91 Å². The number of ether oxygens (including phenoxy) is 1. The first-order valence-corrected chi connectivity index (χ1v) is 4.40. The highest BCUT2D eigenvalue weighted by Crippen LogP contribution is 1.81. The van der Waals surface area contributed by atoms with Crippen LogP contribution in [0.4, 0.5) is 0 Å². The molecular formula is C8H18N2O3. The molecule has 0 aliphatic carbocycles. The Kier molecular flexibility index (Phi) is 7.57. The van der Waals surface area contributed by atoms with Gasteiger partial charge in [0, 0.05) is 13.2 Å². The third kappa shape index (κ3) is 7.70. The summed E-state index contributed by atoms with van der Waals surface area (Å²) in [6, 6.07) is -0.460. The summed E-state index contributed by atoms with van der Waals surface area (Å²) >= 11 is 0. The standard InChI is InChI=1S/C8H18N2O3/c1-7(9)8(12)10-3-2-5-13-6-4-11/h7,11H,2-6,9H2,1H3,(H,10,12). The van der Waals surface area contributed by atoms with Gasteiger partial charge in [-0.2, -0.15) is 0 Å². The Bertz CT molecular complexity index is 139. The van der Waals surface area contributed by atoms with Crippen molar-refractivity contribution in [2.75, 3.05) is 26.4 Å². The summed E-state index contributed by atoms with van der Waals surface area (Å²) in [6.45, 7) is 3.12. The van der Waals surface area contributed by atoms with Crippen LogP contribution in [0.3, 0.4) is 0 Å². The van der Waals surface area contributed by atoms with Crippen molar-refractivity contribution in [1.29, 1.82) is 0 Å². The van der Waals surface area contributed by atoms with E-state index in [-0.39, 0.29) is 12.5 Å². The summed E-state index contributed by atoms with van der Waals surface area (Å²) in [5.41, 5.74) is 5.32. The Morgan fingerprint density at radius 1 is 1.62 bits per heavy atom. The molecule has 0 aromatic heterocycles. The fraction of sp³-hybridized carbons (Fsp3) is 0.875. The molecule has 1 unspecified atom stereocenters. The van der Waals surface area contributed by atoms with Crippen molar-refractivity contribution in [2.24, 2.45) is 5.73 Å². The van der Waals surface area contributed by atoms with Gasteiger partial charge in [-0.25, -0.2) is 0 Å². The maximum atomic E-state index is 10.9. The first kappa shape index (κ1) is 12.3. The monoisotopic (exact) mass is 190 g/mol. The van der Waals surface area contributed by atoms with Crippen LogP contribution in [0.15, 0.2) is 0 Å². The van der Waals surface area contributed by atoms with Gasteiger partial charge in [-0.1, -0.05) is 0 Å². The number of hydrogen-bond donors (Lipinski definition) is 3. The SMILES string of the molecule is CC(N)C(=O)NCCCOCCO. The number of hydrogen-bond acceptors (Lipinski definition) is 4. The Morgan fingerprint density at radius 3 is 2.85 bits per heavy atom. The topological polar surface area (TPSA) is 84.6 Å². The minimum atomic E-state index is -0.460. The second kappa shape index (κ2) is 7.97. The van der Waals surface area contributed by atoms with Gasteiger partial charge in [0.15, 0.2) is 0 Å². The molecule has 0 fully saturated rings. The average molecular weight is 190 g/mol. The van der Waals surface area contributed by atoms with Crippen molar-refractivity contribution in [2.45, 2.75) is 19.4 Å². The highest BCUT2D eigenvalue weighted by Gasteiger charge is 2.04. The quantitative estimate of drug-likeness (QED) is 0.442. The third-order valence-electron chi connectivity index (χ3n) is 1.41. The maximum Gasteiger partial charge on any atom is 0.236 e. The largest absolute Gasteiger partial charge is 0.394 e. The minimum Gasteiger partial charge on any atom is -0.394 e. The zero-order chi connectivity index (χ0) is 10.1. The van der Waals surface area contributed by atoms with Gasteiger partial charge in [-0.3, -0.25) is 4.79 Å². The molecular weight excluding hydrogens is 172 g/mol. The van der Waals surface area contributed by atoms with E-state index in [4.69, 9.17) is 15.6 Å². The first-order chi connectivity index (χ1) is 6.18. The van der Waals surface area contributed by atoms with Crippen LogP contribution in [0, 0.1) is 0 Å². The van der Waals surface area contributed by atoms with Crippen molar-refractivity contribution in [3.05, 3.63) is 0 Å². The van der Waals surface area contributed by atoms with Crippen LogP contribution in [0.2, 0.25) is 0 Å². The van der Waals surface area contributed by atoms with E-state index in [9.17, 15) is 4.79 Å². The van der Waals surface area contributed by atoms with Crippen LogP contribution in [0.1, 0.15) is 13.3 Å². The lowest BCUT2D eigenvalue weighted by atomic mass is 10.3. The smallest absolute Gasteiger partial charge is 0.236 e. The van der Waals surface area contributed by atoms with Gasteiger partial charge >= 0.3 is 0 Å². The molecule has 5 heteroatoms. The van der Waals surface area contributed by atoms with E-state index in [1.807, 2.05) is 0 Å². The van der Waals surface area contributed by atoms with Crippen molar-refractivity contribution in [1.82, 2.24) is 5.32 Å². The van der Waals surface area contributed by atoms with Crippen molar-refractivity contribution in [3.63, 3.8) is 0 Å². The van der Waals surface area contributed by atoms with Crippen molar-refractivity contribution < 1.29 is 14.6 Å². The molecule has 0 aromatic carbocycles. The summed E-state index contributed by atoms with van der Waals surface area (Å²) in [4.78, 5) is 10.9. The maximum absolute atomic E-state index is 10.9. The highest BCUT2D eigenvalue weighted by molar-refractivity contribution is 5.80. The molecule has 0 aromatic rings. The minimum absolute atomic E-state index is 0.0339. The van der Waals surface area contributed by atoms with Gasteiger partial charge in [-0.15, -0.1) is 0 Å². The fourth-order valence-electron chi connectivity index (χ4n) is 0.713. The Balaban J connectivity index is 3.12. The Labute approximate surface area is 78.3 Å². The second-order valence-corrected chi connectivity index (χ2v) is 2.77. The summed E-state index contributed by atoms with van der Waals surface area (Å²) in [5, 5.41) is 11.0. The zero-order valence-corrected chi connectivity index (χ0v) is 7.95. The number of carbonyl (C=O) groups is 1. The number of nitrogens with two attached hydrogens (primary N) is 1. The molecule has 0 rings (SSSR count). The van der Waals surface area contributed by atoms with E-state index in [0.29, 0.717) is 19.8 Å². The van der Waals surface area contributed by atoms with Crippen molar-refractivity contribution >= 4 is 5.91 Å². The summed E-state index contributed by atoms with van der Waals surface area (Å²) in [5.74, 6) is -0.151. The predicted molar refractivity (Wildman–Crippen MR) is 49.2 cm³/mol. The molecule has 0 saturated heterocycles. The molecule has 0 aliphatic heterocycles. The second-order valence-electron chi connectivity index (χ2n) is 2.77. The average Bonchev–Trinajstić information content (AvgIpc) is 2.10. The molecule has 1 amide bonds. The molecule has 4 N–H and O–H groups in total. The predicted octanol–water partition coefficient (Wildman–Crippen LogP) is -1.15. The number of aliphatic hydroxyl groups is 1. The van der Waals surface area contributed by atoms with Crippen molar-refractivity contribution in [3.8, 4) is 0 Å². The lowest BCUT2D eigenvalue weighted by molar-refractivity contribution is -0.122. The molecule has 0 saturated carbocycles. The normalized spacial score (nSPS) is 12.5. The van der Waals surface area contributed by atoms with E-state index in [0.717, 1.165) is 6.42 Å². The van der Waals surface area contributed by atoms with Crippen LogP contribution in [0.25, 0.3) is 0 Å². The van der Waals surface area contributed by atoms with Crippen LogP contribution < -0.4 is 11.1 Å². The van der Waals surface area contributed by atoms with Gasteiger partial charge in [0.05, 0.1) is 19.3 Å². The number of amides is 1. The molecule has 13 heavy (non-hydrogen) atoms. The number of nitrogens with one attached hydrogen (secondary N) is 1. The molecule has 5 nitrogen and oxygen atoms in total. The summed E-state index contributed by atoms with van der Waals surface area (Å²) < 4.78 is 4.99. The Hall–Kier alpha value is -0.650. The van der Waals surface area contributed by atoms with Gasteiger partial charge in [-0.05, 0) is 13.3 Å². The summed E-state index contributed by atoms with van der Waals surface area (Å²) in [6.07, 6.45) is 0.735. The van der Waals surface area contributed by atoms with Gasteiger partial charge in [0.25, 0.3) is 0 Å². The van der Waals surface area contributed by atoms with E-state index >= 15 is 0 Å². The molecule has 0 spiro atoms. The molecule has 1 atom stereocenters. The van der Waals surface area contributed by atoms with Crippen LogP contribution in [-0.4, -0.2) is 43.4 Å². The molecule has 0 bridgehead atoms. The Morgan fingerprint density at radius 2 is 2.31 bits per heavy atom. The third-order valence-corrected chi connectivity index (χ3v) is 1.41. The lowest BCUT2D eigenvalue weighted by Crippen LogP contribution is -2.38. The number of rotatable bonds is 7. The van der Waals surface area contributed by atoms with Crippen LogP contribution in [-0.2, 0) is 9.53 Å². The number of carbonyl (C=O) groups excluding carboxylic acids is 1. The zero-order valence-electron chi connectivity index (χ0n) is 7.95. The van der Waals surface area contributed by atoms with Crippen LogP contribution in [0.5, 0.6) is 0 Å². The van der Waals surface area contributed by atoms with E-state index in [1.165, 1.54) is 0 Å². The van der Waals surface area contributed by atoms with E-state index in [1.54, 1.807) is 6.92 Å². The van der Waals surface area contributed by atoms with Gasteiger partial charge in [0.1, 0.15) is 0 Å². The molecule has 0 heterocycles. The fourth-order valence-corrected chi connectivity index (χ4v) is 0.713. The summed E-state index contributed by atoms with van der Waals surface area (Å²) in [7, 11) is 0. The van der Waals surface area contributed by atoms with E-state index in [2.05, 4.69) is 5.32 Å². The van der Waals surface area contributed by atoms with E-state index < -0.39 is 6.04 Å². The highest BCUT2D eigenvalue weighted by atomic mass is 16.5. The first-order valence-electron chi connectivity index (χ1n) is 4.40. The molecule has 78 valence electrons. The lowest BCUT2D eigenvalue weighted by Gasteiger charge is -2.07.